The van der Waals surface area contributed by atoms with Gasteiger partial charge in [-0.2, -0.15) is 0 Å². The van der Waals surface area contributed by atoms with Gasteiger partial charge in [-0.15, -0.1) is 11.8 Å². The molecule has 0 atom stereocenters. The van der Waals surface area contributed by atoms with Crippen molar-refractivity contribution in [3.63, 3.8) is 0 Å². The van der Waals surface area contributed by atoms with Crippen molar-refractivity contribution < 1.29 is 14.3 Å². The van der Waals surface area contributed by atoms with Gasteiger partial charge in [-0.3, -0.25) is 9.78 Å². The Balaban J connectivity index is 1.74. The Morgan fingerprint density at radius 3 is 2.74 bits per heavy atom. The molecule has 0 N–H and O–H groups in total. The maximum Gasteiger partial charge on any atom is 0.231 e. The third-order valence-electron chi connectivity index (χ3n) is 4.13. The van der Waals surface area contributed by atoms with Crippen LogP contribution in [0.25, 0.3) is 10.9 Å². The van der Waals surface area contributed by atoms with Crippen LogP contribution in [0.4, 0.5) is 0 Å². The summed E-state index contributed by atoms with van der Waals surface area (Å²) in [5.74, 6) is 2.13. The zero-order valence-electron chi connectivity index (χ0n) is 12.0. The van der Waals surface area contributed by atoms with Crippen LogP contribution in [0.15, 0.2) is 47.4 Å². The molecular formula is C18H11NO3S. The average Bonchev–Trinajstić information content (AvgIpc) is 2.98. The summed E-state index contributed by atoms with van der Waals surface area (Å²) in [5, 5.41) is 0.894. The molecule has 23 heavy (non-hydrogen) atoms. The van der Waals surface area contributed by atoms with Gasteiger partial charge in [0, 0.05) is 33.2 Å². The van der Waals surface area contributed by atoms with Gasteiger partial charge in [0.05, 0.1) is 11.2 Å². The molecule has 5 rings (SSSR count). The lowest BCUT2D eigenvalue weighted by molar-refractivity contribution is 0.103. The largest absolute Gasteiger partial charge is 0.454 e. The number of thioether (sulfide) groups is 1. The van der Waals surface area contributed by atoms with Gasteiger partial charge in [0.2, 0.25) is 6.79 Å². The number of hydrogen-bond acceptors (Lipinski definition) is 5. The minimum absolute atomic E-state index is 0.0349. The highest BCUT2D eigenvalue weighted by Crippen LogP contribution is 2.38. The fraction of sp³-hybridized carbons (Fsp3) is 0.111. The number of fused-ring (bicyclic) bond motifs is 4. The van der Waals surface area contributed by atoms with Crippen molar-refractivity contribution in [2.45, 2.75) is 10.6 Å². The monoisotopic (exact) mass is 321 g/mol. The van der Waals surface area contributed by atoms with E-state index in [1.807, 2.05) is 42.5 Å². The van der Waals surface area contributed by atoms with Gasteiger partial charge in [-0.25, -0.2) is 0 Å². The number of pyridine rings is 1. The Morgan fingerprint density at radius 2 is 1.83 bits per heavy atom. The van der Waals surface area contributed by atoms with E-state index in [0.717, 1.165) is 27.1 Å². The number of hydrogen-bond donors (Lipinski definition) is 0. The maximum absolute atomic E-state index is 12.9. The molecular weight excluding hydrogens is 310 g/mol. The van der Waals surface area contributed by atoms with Crippen LogP contribution in [0.3, 0.4) is 0 Å². The molecule has 2 aliphatic rings. The minimum Gasteiger partial charge on any atom is -0.454 e. The number of carbonyl (C=O) groups excluding carboxylic acids is 1. The molecule has 4 nitrogen and oxygen atoms in total. The number of rotatable bonds is 0. The summed E-state index contributed by atoms with van der Waals surface area (Å²) in [7, 11) is 0. The quantitative estimate of drug-likeness (QED) is 0.630. The van der Waals surface area contributed by atoms with E-state index in [9.17, 15) is 4.79 Å². The fourth-order valence-electron chi connectivity index (χ4n) is 2.98. The first-order valence-corrected chi connectivity index (χ1v) is 8.28. The average molecular weight is 321 g/mol. The number of ketones is 1. The maximum atomic E-state index is 12.9. The van der Waals surface area contributed by atoms with Gasteiger partial charge in [-0.05, 0) is 24.3 Å². The van der Waals surface area contributed by atoms with Gasteiger partial charge >= 0.3 is 0 Å². The summed E-state index contributed by atoms with van der Waals surface area (Å²) in [6.45, 7) is 0.230. The van der Waals surface area contributed by atoms with Crippen LogP contribution in [0, 0.1) is 0 Å². The molecule has 1 aromatic heterocycles. The standard InChI is InChI=1S/C18H11NO3S/c20-18-11-3-1-2-4-17(11)23-8-14-12(18)5-10-6-15-16(22-9-21-15)7-13(10)19-14/h1-7H,8-9H2. The van der Waals surface area contributed by atoms with Crippen LogP contribution in [0.2, 0.25) is 0 Å². The molecule has 0 fully saturated rings. The first-order chi connectivity index (χ1) is 11.3. The summed E-state index contributed by atoms with van der Waals surface area (Å²) in [5.41, 5.74) is 3.07. The first kappa shape index (κ1) is 13.0. The van der Waals surface area contributed by atoms with E-state index in [4.69, 9.17) is 14.5 Å². The molecule has 0 unspecified atom stereocenters. The van der Waals surface area contributed by atoms with Crippen LogP contribution in [-0.2, 0) is 5.75 Å². The summed E-state index contributed by atoms with van der Waals surface area (Å²) >= 11 is 1.65. The third kappa shape index (κ3) is 1.93. The summed E-state index contributed by atoms with van der Waals surface area (Å²) in [6.07, 6.45) is 0. The highest BCUT2D eigenvalue weighted by molar-refractivity contribution is 7.98. The molecule has 112 valence electrons. The van der Waals surface area contributed by atoms with Crippen molar-refractivity contribution in [2.24, 2.45) is 0 Å². The number of benzene rings is 2. The van der Waals surface area contributed by atoms with Crippen LogP contribution in [0.1, 0.15) is 21.6 Å². The molecule has 2 aromatic carbocycles. The number of carbonyl (C=O) groups is 1. The number of nitrogens with zero attached hydrogens (tertiary/aromatic N) is 1. The van der Waals surface area contributed by atoms with E-state index < -0.39 is 0 Å². The second kappa shape index (κ2) is 4.73. The van der Waals surface area contributed by atoms with Crippen molar-refractivity contribution in [3.05, 3.63) is 59.3 Å². The van der Waals surface area contributed by atoms with Gasteiger partial charge < -0.3 is 9.47 Å². The van der Waals surface area contributed by atoms with Gasteiger partial charge in [0.25, 0.3) is 0 Å². The first-order valence-electron chi connectivity index (χ1n) is 7.29. The zero-order chi connectivity index (χ0) is 15.4. The minimum atomic E-state index is 0.0349. The molecule has 0 saturated carbocycles. The van der Waals surface area contributed by atoms with E-state index in [-0.39, 0.29) is 12.6 Å². The van der Waals surface area contributed by atoms with Crippen molar-refractivity contribution in [3.8, 4) is 11.5 Å². The Labute approximate surface area is 136 Å². The topological polar surface area (TPSA) is 48.4 Å². The normalized spacial score (nSPS) is 15.2. The summed E-state index contributed by atoms with van der Waals surface area (Å²) < 4.78 is 10.8. The van der Waals surface area contributed by atoms with Crippen molar-refractivity contribution >= 4 is 28.4 Å². The Kier molecular flexibility index (Phi) is 2.67. The molecule has 0 amide bonds. The fourth-order valence-corrected chi connectivity index (χ4v) is 3.99. The van der Waals surface area contributed by atoms with Crippen molar-refractivity contribution in [1.29, 1.82) is 0 Å². The predicted molar refractivity (Wildman–Crippen MR) is 87.3 cm³/mol. The third-order valence-corrected chi connectivity index (χ3v) is 5.21. The molecule has 0 aliphatic carbocycles. The van der Waals surface area contributed by atoms with Gasteiger partial charge in [-0.1, -0.05) is 12.1 Å². The Hall–Kier alpha value is -2.53. The zero-order valence-corrected chi connectivity index (χ0v) is 12.9. The van der Waals surface area contributed by atoms with E-state index in [0.29, 0.717) is 22.8 Å². The second-order valence-corrected chi connectivity index (χ2v) is 6.51. The Morgan fingerprint density at radius 1 is 1.00 bits per heavy atom. The smallest absolute Gasteiger partial charge is 0.231 e. The van der Waals surface area contributed by atoms with Crippen LogP contribution in [-0.4, -0.2) is 17.6 Å². The highest BCUT2D eigenvalue weighted by Gasteiger charge is 2.24. The second-order valence-electron chi connectivity index (χ2n) is 5.49. The molecule has 0 radical (unpaired) electrons. The van der Waals surface area contributed by atoms with E-state index in [1.54, 1.807) is 11.8 Å². The van der Waals surface area contributed by atoms with Crippen molar-refractivity contribution in [1.82, 2.24) is 4.98 Å². The van der Waals surface area contributed by atoms with Crippen LogP contribution < -0.4 is 9.47 Å². The van der Waals surface area contributed by atoms with Crippen LogP contribution >= 0.6 is 11.8 Å². The number of ether oxygens (including phenoxy) is 2. The number of aromatic nitrogens is 1. The molecule has 3 aromatic rings. The summed E-state index contributed by atoms with van der Waals surface area (Å²) in [4.78, 5) is 18.6. The molecule has 5 heteroatoms. The van der Waals surface area contributed by atoms with E-state index in [1.165, 1.54) is 0 Å². The van der Waals surface area contributed by atoms with Gasteiger partial charge in [0.1, 0.15) is 0 Å². The van der Waals surface area contributed by atoms with Crippen molar-refractivity contribution in [2.75, 3.05) is 6.79 Å². The summed E-state index contributed by atoms with van der Waals surface area (Å²) in [6, 6.07) is 13.4. The lowest BCUT2D eigenvalue weighted by Gasteiger charge is -2.07. The molecule has 0 bridgehead atoms. The van der Waals surface area contributed by atoms with Gasteiger partial charge in [0.15, 0.2) is 17.3 Å². The van der Waals surface area contributed by atoms with E-state index >= 15 is 0 Å². The predicted octanol–water partition coefficient (Wildman–Crippen LogP) is 3.80. The lowest BCUT2D eigenvalue weighted by atomic mass is 10.0. The van der Waals surface area contributed by atoms with Crippen LogP contribution in [0.5, 0.6) is 11.5 Å². The molecule has 0 saturated heterocycles. The molecule has 0 spiro atoms. The lowest BCUT2D eigenvalue weighted by Crippen LogP contribution is -2.05. The SMILES string of the molecule is O=C1c2ccccc2SCc2nc3cc4c(cc3cc21)OCO4. The Bertz CT molecular complexity index is 983. The molecule has 2 aliphatic heterocycles. The van der Waals surface area contributed by atoms with E-state index in [2.05, 4.69) is 0 Å². The molecule has 3 heterocycles. The highest BCUT2D eigenvalue weighted by atomic mass is 32.2.